The van der Waals surface area contributed by atoms with Gasteiger partial charge < -0.3 is 10.1 Å². The predicted molar refractivity (Wildman–Crippen MR) is 121 cm³/mol. The maximum absolute atomic E-state index is 12.7. The number of anilines is 2. The molecular weight excluding hydrogens is 422 g/mol. The van der Waals surface area contributed by atoms with Gasteiger partial charge in [-0.1, -0.05) is 6.07 Å². The Hall–Kier alpha value is -4.21. The quantitative estimate of drug-likeness (QED) is 0.470. The van der Waals surface area contributed by atoms with Crippen LogP contribution < -0.4 is 15.4 Å². The number of pyridine rings is 1. The Balaban J connectivity index is 1.32. The molecule has 168 valence electrons. The average molecular weight is 445 g/mol. The fourth-order valence-electron chi connectivity index (χ4n) is 3.48. The minimum Gasteiger partial charge on any atom is -0.456 e. The number of hydrogen-bond acceptors (Lipinski definition) is 6. The highest BCUT2D eigenvalue weighted by atomic mass is 16.5. The second kappa shape index (κ2) is 8.05. The van der Waals surface area contributed by atoms with Crippen molar-refractivity contribution in [2.45, 2.75) is 26.7 Å². The molecule has 2 amide bonds. The van der Waals surface area contributed by atoms with Crippen LogP contribution in [0.25, 0.3) is 5.65 Å². The van der Waals surface area contributed by atoms with Crippen LogP contribution in [0.3, 0.4) is 0 Å². The van der Waals surface area contributed by atoms with Gasteiger partial charge in [0.05, 0.1) is 11.9 Å². The largest absolute Gasteiger partial charge is 0.456 e. The standard InChI is InChI=1S/C23H23N7O3/c1-13-4-7-16(11-18(13)24-22(32)19-10-14(2)27-29(19)3)33-17-8-9-20-25-23(28-30(20)12-17)26-21(31)15-5-6-15/h4,7-12,15H,5-6H2,1-3H3,(H,24,32)(H,26,28,31). The Labute approximate surface area is 189 Å². The van der Waals surface area contributed by atoms with Gasteiger partial charge in [0.1, 0.15) is 17.2 Å². The number of amides is 2. The molecule has 0 aliphatic heterocycles. The number of aromatic nitrogens is 5. The summed E-state index contributed by atoms with van der Waals surface area (Å²) < 4.78 is 9.10. The monoisotopic (exact) mass is 445 g/mol. The zero-order chi connectivity index (χ0) is 23.1. The summed E-state index contributed by atoms with van der Waals surface area (Å²) >= 11 is 0. The Kier molecular flexibility index (Phi) is 5.04. The molecule has 1 saturated carbocycles. The second-order valence-corrected chi connectivity index (χ2v) is 8.19. The number of rotatable bonds is 6. The molecule has 10 nitrogen and oxygen atoms in total. The van der Waals surface area contributed by atoms with Crippen molar-refractivity contribution in [1.29, 1.82) is 0 Å². The predicted octanol–water partition coefficient (Wildman–Crippen LogP) is 3.47. The molecule has 10 heteroatoms. The van der Waals surface area contributed by atoms with Crippen molar-refractivity contribution in [3.63, 3.8) is 0 Å². The van der Waals surface area contributed by atoms with Crippen LogP contribution in [0.2, 0.25) is 0 Å². The van der Waals surface area contributed by atoms with Crippen molar-refractivity contribution in [1.82, 2.24) is 24.4 Å². The van der Waals surface area contributed by atoms with Gasteiger partial charge in [-0.2, -0.15) is 10.1 Å². The number of fused-ring (bicyclic) bond motifs is 1. The van der Waals surface area contributed by atoms with Crippen molar-refractivity contribution in [2.75, 3.05) is 10.6 Å². The molecule has 1 fully saturated rings. The molecule has 4 aromatic rings. The third kappa shape index (κ3) is 4.40. The molecule has 1 aromatic carbocycles. The molecule has 5 rings (SSSR count). The Bertz CT molecular complexity index is 1380. The van der Waals surface area contributed by atoms with E-state index in [1.165, 1.54) is 0 Å². The molecule has 2 N–H and O–H groups in total. The number of nitrogens with one attached hydrogen (secondary N) is 2. The lowest BCUT2D eigenvalue weighted by Crippen LogP contribution is -2.16. The van der Waals surface area contributed by atoms with Gasteiger partial charge in [0.2, 0.25) is 11.9 Å². The van der Waals surface area contributed by atoms with Crippen LogP contribution >= 0.6 is 0 Å². The van der Waals surface area contributed by atoms with Crippen molar-refractivity contribution >= 4 is 29.1 Å². The molecule has 0 bridgehead atoms. The summed E-state index contributed by atoms with van der Waals surface area (Å²) in [5, 5.41) is 14.2. The minimum absolute atomic E-state index is 0.0436. The lowest BCUT2D eigenvalue weighted by atomic mass is 10.2. The Morgan fingerprint density at radius 1 is 1.03 bits per heavy atom. The molecule has 0 radical (unpaired) electrons. The molecule has 0 atom stereocenters. The fourth-order valence-corrected chi connectivity index (χ4v) is 3.48. The van der Waals surface area contributed by atoms with Crippen molar-refractivity contribution in [3.8, 4) is 11.5 Å². The van der Waals surface area contributed by atoms with E-state index in [2.05, 4.69) is 25.8 Å². The van der Waals surface area contributed by atoms with E-state index >= 15 is 0 Å². The van der Waals surface area contributed by atoms with Gasteiger partial charge >= 0.3 is 0 Å². The smallest absolute Gasteiger partial charge is 0.273 e. The van der Waals surface area contributed by atoms with E-state index in [0.717, 1.165) is 24.1 Å². The van der Waals surface area contributed by atoms with Gasteiger partial charge in [-0.15, -0.1) is 5.10 Å². The van der Waals surface area contributed by atoms with E-state index in [0.29, 0.717) is 28.5 Å². The first-order valence-corrected chi connectivity index (χ1v) is 10.6. The van der Waals surface area contributed by atoms with Crippen LogP contribution in [0.5, 0.6) is 11.5 Å². The van der Waals surface area contributed by atoms with E-state index in [1.54, 1.807) is 46.7 Å². The summed E-state index contributed by atoms with van der Waals surface area (Å²) in [5.74, 6) is 1.15. The van der Waals surface area contributed by atoms with Crippen molar-refractivity contribution in [2.24, 2.45) is 13.0 Å². The van der Waals surface area contributed by atoms with Gasteiger partial charge in [-0.3, -0.25) is 19.6 Å². The average Bonchev–Trinajstić information content (AvgIpc) is 3.46. The first-order valence-electron chi connectivity index (χ1n) is 10.6. The highest BCUT2D eigenvalue weighted by Crippen LogP contribution is 2.30. The normalized spacial score (nSPS) is 13.2. The first-order chi connectivity index (χ1) is 15.9. The number of hydrogen-bond donors (Lipinski definition) is 2. The maximum atomic E-state index is 12.7. The van der Waals surface area contributed by atoms with Gasteiger partial charge in [-0.05, 0) is 56.5 Å². The van der Waals surface area contributed by atoms with Gasteiger partial charge in [0.25, 0.3) is 5.91 Å². The van der Waals surface area contributed by atoms with Crippen LogP contribution in [-0.4, -0.2) is 36.2 Å². The number of ether oxygens (including phenoxy) is 1. The van der Waals surface area contributed by atoms with E-state index < -0.39 is 0 Å². The van der Waals surface area contributed by atoms with Gasteiger partial charge in [0.15, 0.2) is 5.65 Å². The van der Waals surface area contributed by atoms with E-state index in [9.17, 15) is 9.59 Å². The van der Waals surface area contributed by atoms with Crippen LogP contribution in [0.15, 0.2) is 42.6 Å². The zero-order valence-corrected chi connectivity index (χ0v) is 18.5. The summed E-state index contributed by atoms with van der Waals surface area (Å²) in [6.45, 7) is 3.75. The molecule has 3 heterocycles. The number of aryl methyl sites for hydroxylation is 3. The van der Waals surface area contributed by atoms with E-state index in [-0.39, 0.29) is 23.7 Å². The lowest BCUT2D eigenvalue weighted by molar-refractivity contribution is -0.117. The van der Waals surface area contributed by atoms with Crippen LogP contribution in [-0.2, 0) is 11.8 Å². The lowest BCUT2D eigenvalue weighted by Gasteiger charge is -2.12. The molecule has 1 aliphatic carbocycles. The Morgan fingerprint density at radius 3 is 2.55 bits per heavy atom. The van der Waals surface area contributed by atoms with E-state index in [4.69, 9.17) is 4.74 Å². The molecule has 33 heavy (non-hydrogen) atoms. The third-order valence-corrected chi connectivity index (χ3v) is 5.41. The summed E-state index contributed by atoms with van der Waals surface area (Å²) in [5.41, 5.74) is 3.38. The number of carbonyl (C=O) groups excluding carboxylic acids is 2. The van der Waals surface area contributed by atoms with Crippen molar-refractivity contribution in [3.05, 3.63) is 59.5 Å². The zero-order valence-electron chi connectivity index (χ0n) is 18.5. The third-order valence-electron chi connectivity index (χ3n) is 5.41. The first kappa shape index (κ1) is 20.7. The van der Waals surface area contributed by atoms with E-state index in [1.807, 2.05) is 26.0 Å². The SMILES string of the molecule is Cc1cc(C(=O)Nc2cc(Oc3ccc4nc(NC(=O)C5CC5)nn4c3)ccc2C)n(C)n1. The van der Waals surface area contributed by atoms with Gasteiger partial charge in [0, 0.05) is 24.7 Å². The summed E-state index contributed by atoms with van der Waals surface area (Å²) in [7, 11) is 1.73. The minimum atomic E-state index is -0.247. The molecule has 1 aliphatic rings. The molecule has 0 unspecified atom stereocenters. The molecule has 0 saturated heterocycles. The fraction of sp³-hybridized carbons (Fsp3) is 0.261. The highest BCUT2D eigenvalue weighted by Gasteiger charge is 2.30. The molecule has 3 aromatic heterocycles. The topological polar surface area (TPSA) is 115 Å². The maximum Gasteiger partial charge on any atom is 0.273 e. The van der Waals surface area contributed by atoms with Crippen LogP contribution in [0.4, 0.5) is 11.6 Å². The van der Waals surface area contributed by atoms with Crippen LogP contribution in [0, 0.1) is 19.8 Å². The number of benzene rings is 1. The summed E-state index contributed by atoms with van der Waals surface area (Å²) in [4.78, 5) is 28.9. The second-order valence-electron chi connectivity index (χ2n) is 8.19. The van der Waals surface area contributed by atoms with Crippen LogP contribution in [0.1, 0.15) is 34.6 Å². The Morgan fingerprint density at radius 2 is 1.82 bits per heavy atom. The number of nitrogens with zero attached hydrogens (tertiary/aromatic N) is 5. The molecular formula is C23H23N7O3. The highest BCUT2D eigenvalue weighted by molar-refractivity contribution is 6.03. The summed E-state index contributed by atoms with van der Waals surface area (Å²) in [6.07, 6.45) is 3.52. The van der Waals surface area contributed by atoms with Crippen molar-refractivity contribution < 1.29 is 14.3 Å². The summed E-state index contributed by atoms with van der Waals surface area (Å²) in [6, 6.07) is 10.7. The van der Waals surface area contributed by atoms with Gasteiger partial charge in [-0.25, -0.2) is 4.52 Å². The molecule has 0 spiro atoms. The number of carbonyl (C=O) groups is 2.